The average molecular weight is 254 g/mol. The van der Waals surface area contributed by atoms with Gasteiger partial charge in [-0.2, -0.15) is 0 Å². The van der Waals surface area contributed by atoms with Crippen LogP contribution in [0, 0.1) is 6.92 Å². The molecule has 0 aromatic heterocycles. The highest BCUT2D eigenvalue weighted by molar-refractivity contribution is 6.15. The number of carbonyl (C=O) groups excluding carboxylic acids is 2. The second kappa shape index (κ2) is 5.48. The molecule has 0 bridgehead atoms. The summed E-state index contributed by atoms with van der Waals surface area (Å²) in [7, 11) is 1.31. The molecule has 96 valence electrons. The summed E-state index contributed by atoms with van der Waals surface area (Å²) in [4.78, 5) is 24.2. The summed E-state index contributed by atoms with van der Waals surface area (Å²) in [5.41, 5.74) is 2.02. The summed E-state index contributed by atoms with van der Waals surface area (Å²) in [5, 5.41) is 0. The highest BCUT2D eigenvalue weighted by Crippen LogP contribution is 2.19. The Morgan fingerprint density at radius 2 is 1.63 bits per heavy atom. The molecule has 0 N–H and O–H groups in total. The lowest BCUT2D eigenvalue weighted by atomic mass is 9.94. The SMILES string of the molecule is COC(=O)c1cccc(C)c1C(=O)c1ccccc1. The third-order valence-corrected chi connectivity index (χ3v) is 2.94. The number of hydrogen-bond donors (Lipinski definition) is 0. The third-order valence-electron chi connectivity index (χ3n) is 2.94. The number of carbonyl (C=O) groups is 2. The van der Waals surface area contributed by atoms with Gasteiger partial charge in [0.1, 0.15) is 0 Å². The van der Waals surface area contributed by atoms with Crippen LogP contribution in [0.3, 0.4) is 0 Å². The Labute approximate surface area is 111 Å². The van der Waals surface area contributed by atoms with Crippen LogP contribution in [-0.4, -0.2) is 18.9 Å². The summed E-state index contributed by atoms with van der Waals surface area (Å²) in [6.45, 7) is 1.81. The summed E-state index contributed by atoms with van der Waals surface area (Å²) in [6, 6.07) is 14.1. The van der Waals surface area contributed by atoms with Crippen molar-refractivity contribution in [3.63, 3.8) is 0 Å². The van der Waals surface area contributed by atoms with E-state index in [2.05, 4.69) is 0 Å². The number of hydrogen-bond acceptors (Lipinski definition) is 3. The van der Waals surface area contributed by atoms with Crippen molar-refractivity contribution in [2.24, 2.45) is 0 Å². The molecule has 2 aromatic rings. The van der Waals surface area contributed by atoms with Crippen LogP contribution in [0.2, 0.25) is 0 Å². The molecule has 0 saturated carbocycles. The highest BCUT2D eigenvalue weighted by atomic mass is 16.5. The van der Waals surface area contributed by atoms with E-state index in [0.29, 0.717) is 16.7 Å². The van der Waals surface area contributed by atoms with Gasteiger partial charge in [-0.05, 0) is 18.6 Å². The lowest BCUT2D eigenvalue weighted by Crippen LogP contribution is -2.13. The zero-order valence-corrected chi connectivity index (χ0v) is 10.8. The molecule has 2 aromatic carbocycles. The van der Waals surface area contributed by atoms with E-state index < -0.39 is 5.97 Å². The van der Waals surface area contributed by atoms with Crippen molar-refractivity contribution in [3.8, 4) is 0 Å². The van der Waals surface area contributed by atoms with Crippen molar-refractivity contribution >= 4 is 11.8 Å². The molecule has 0 fully saturated rings. The van der Waals surface area contributed by atoms with E-state index in [0.717, 1.165) is 5.56 Å². The fourth-order valence-electron chi connectivity index (χ4n) is 1.98. The first-order valence-corrected chi connectivity index (χ1v) is 5.93. The van der Waals surface area contributed by atoms with Crippen LogP contribution < -0.4 is 0 Å². The fraction of sp³-hybridized carbons (Fsp3) is 0.125. The van der Waals surface area contributed by atoms with Gasteiger partial charge in [0.15, 0.2) is 5.78 Å². The first-order valence-electron chi connectivity index (χ1n) is 5.93. The molecule has 0 aliphatic heterocycles. The molecule has 3 heteroatoms. The number of methoxy groups -OCH3 is 1. The number of ketones is 1. The third kappa shape index (κ3) is 2.55. The van der Waals surface area contributed by atoms with Crippen LogP contribution in [0.25, 0.3) is 0 Å². The number of rotatable bonds is 3. The first kappa shape index (κ1) is 13.0. The molecule has 0 aliphatic rings. The number of esters is 1. The van der Waals surface area contributed by atoms with Crippen LogP contribution in [0.1, 0.15) is 31.8 Å². The van der Waals surface area contributed by atoms with Gasteiger partial charge in [0.25, 0.3) is 0 Å². The Morgan fingerprint density at radius 1 is 0.947 bits per heavy atom. The standard InChI is InChI=1S/C16H14O3/c1-11-7-6-10-13(16(18)19-2)14(11)15(17)12-8-4-3-5-9-12/h3-10H,1-2H3. The van der Waals surface area contributed by atoms with E-state index in [9.17, 15) is 9.59 Å². The predicted octanol–water partition coefficient (Wildman–Crippen LogP) is 3.01. The van der Waals surface area contributed by atoms with Gasteiger partial charge in [-0.15, -0.1) is 0 Å². The largest absolute Gasteiger partial charge is 0.465 e. The van der Waals surface area contributed by atoms with Gasteiger partial charge in [-0.1, -0.05) is 42.5 Å². The summed E-state index contributed by atoms with van der Waals surface area (Å²) >= 11 is 0. The van der Waals surface area contributed by atoms with Crippen molar-refractivity contribution < 1.29 is 14.3 Å². The van der Waals surface area contributed by atoms with Gasteiger partial charge in [0.05, 0.1) is 12.7 Å². The molecule has 3 nitrogen and oxygen atoms in total. The second-order valence-electron chi connectivity index (χ2n) is 4.18. The number of ether oxygens (including phenoxy) is 1. The van der Waals surface area contributed by atoms with E-state index in [4.69, 9.17) is 4.74 Å². The topological polar surface area (TPSA) is 43.4 Å². The monoisotopic (exact) mass is 254 g/mol. The van der Waals surface area contributed by atoms with Crippen LogP contribution in [0.5, 0.6) is 0 Å². The minimum Gasteiger partial charge on any atom is -0.465 e. The Hall–Kier alpha value is -2.42. The Bertz CT molecular complexity index is 615. The molecular weight excluding hydrogens is 240 g/mol. The van der Waals surface area contributed by atoms with Crippen molar-refractivity contribution in [3.05, 3.63) is 70.8 Å². The van der Waals surface area contributed by atoms with Gasteiger partial charge in [0, 0.05) is 11.1 Å². The maximum atomic E-state index is 12.5. The quantitative estimate of drug-likeness (QED) is 0.624. The van der Waals surface area contributed by atoms with Crippen molar-refractivity contribution in [1.29, 1.82) is 0 Å². The average Bonchev–Trinajstić information content (AvgIpc) is 2.46. The minimum absolute atomic E-state index is 0.167. The van der Waals surface area contributed by atoms with E-state index in [1.165, 1.54) is 7.11 Å². The van der Waals surface area contributed by atoms with Crippen molar-refractivity contribution in [1.82, 2.24) is 0 Å². The van der Waals surface area contributed by atoms with Crippen LogP contribution in [0.4, 0.5) is 0 Å². The lowest BCUT2D eigenvalue weighted by molar-refractivity contribution is 0.0597. The summed E-state index contributed by atoms with van der Waals surface area (Å²) in [5.74, 6) is -0.665. The van der Waals surface area contributed by atoms with Crippen LogP contribution in [-0.2, 0) is 4.74 Å². The minimum atomic E-state index is -0.497. The Balaban J connectivity index is 2.56. The summed E-state index contributed by atoms with van der Waals surface area (Å²) < 4.78 is 4.73. The van der Waals surface area contributed by atoms with Gasteiger partial charge >= 0.3 is 5.97 Å². The van der Waals surface area contributed by atoms with Gasteiger partial charge in [0.2, 0.25) is 0 Å². The van der Waals surface area contributed by atoms with E-state index in [-0.39, 0.29) is 5.78 Å². The Kier molecular flexibility index (Phi) is 3.76. The maximum absolute atomic E-state index is 12.5. The first-order chi connectivity index (χ1) is 9.15. The molecular formula is C16H14O3. The maximum Gasteiger partial charge on any atom is 0.338 e. The van der Waals surface area contributed by atoms with Crippen molar-refractivity contribution in [2.45, 2.75) is 6.92 Å². The van der Waals surface area contributed by atoms with E-state index in [1.54, 1.807) is 36.4 Å². The van der Waals surface area contributed by atoms with Crippen LogP contribution >= 0.6 is 0 Å². The van der Waals surface area contributed by atoms with Gasteiger partial charge in [-0.25, -0.2) is 4.79 Å². The fourth-order valence-corrected chi connectivity index (χ4v) is 1.98. The van der Waals surface area contributed by atoms with Crippen LogP contribution in [0.15, 0.2) is 48.5 Å². The van der Waals surface area contributed by atoms with Crippen molar-refractivity contribution in [2.75, 3.05) is 7.11 Å². The highest BCUT2D eigenvalue weighted by Gasteiger charge is 2.20. The number of benzene rings is 2. The molecule has 0 spiro atoms. The molecule has 0 amide bonds. The second-order valence-corrected chi connectivity index (χ2v) is 4.18. The van der Waals surface area contributed by atoms with Gasteiger partial charge in [-0.3, -0.25) is 4.79 Å². The molecule has 0 atom stereocenters. The molecule has 0 saturated heterocycles. The van der Waals surface area contributed by atoms with E-state index in [1.807, 2.05) is 19.1 Å². The molecule has 2 rings (SSSR count). The normalized spacial score (nSPS) is 10.0. The zero-order chi connectivity index (χ0) is 13.8. The zero-order valence-electron chi connectivity index (χ0n) is 10.8. The van der Waals surface area contributed by atoms with Gasteiger partial charge < -0.3 is 4.74 Å². The smallest absolute Gasteiger partial charge is 0.338 e. The molecule has 0 aliphatic carbocycles. The summed E-state index contributed by atoms with van der Waals surface area (Å²) in [6.07, 6.45) is 0. The molecule has 0 radical (unpaired) electrons. The Morgan fingerprint density at radius 3 is 2.26 bits per heavy atom. The predicted molar refractivity (Wildman–Crippen MR) is 72.4 cm³/mol. The molecule has 19 heavy (non-hydrogen) atoms. The lowest BCUT2D eigenvalue weighted by Gasteiger charge is -2.10. The molecule has 0 unspecified atom stereocenters. The molecule has 0 heterocycles. The van der Waals surface area contributed by atoms with E-state index >= 15 is 0 Å². The number of aryl methyl sites for hydroxylation is 1.